The summed E-state index contributed by atoms with van der Waals surface area (Å²) < 4.78 is 5.02. The molecule has 2 nitrogen and oxygen atoms in total. The topological polar surface area (TPSA) is 21.3 Å². The lowest BCUT2D eigenvalue weighted by Gasteiger charge is -2.26. The predicted octanol–water partition coefficient (Wildman–Crippen LogP) is 3.31. The van der Waals surface area contributed by atoms with Crippen LogP contribution in [0.1, 0.15) is 12.5 Å². The molecule has 1 atom stereocenters. The molecular weight excluding hydrogens is 246 g/mol. The van der Waals surface area contributed by atoms with Crippen LogP contribution in [0.4, 0.5) is 0 Å². The fourth-order valence-electron chi connectivity index (χ4n) is 1.82. The highest BCUT2D eigenvalue weighted by Crippen LogP contribution is 2.24. The van der Waals surface area contributed by atoms with E-state index in [-0.39, 0.29) is 5.41 Å². The van der Waals surface area contributed by atoms with Crippen LogP contribution in [0, 0.1) is 5.41 Å². The molecule has 0 saturated heterocycles. The first-order valence-corrected chi connectivity index (χ1v) is 6.55. The Morgan fingerprint density at radius 3 is 2.61 bits per heavy atom. The molecule has 0 saturated carbocycles. The first-order valence-electron chi connectivity index (χ1n) is 6.17. The molecule has 0 radical (unpaired) electrons. The van der Waals surface area contributed by atoms with Gasteiger partial charge in [-0.1, -0.05) is 36.7 Å². The molecule has 0 amide bonds. The Kier molecular flexibility index (Phi) is 6.41. The highest BCUT2D eigenvalue weighted by Gasteiger charge is 2.20. The third kappa shape index (κ3) is 5.21. The van der Waals surface area contributed by atoms with Gasteiger partial charge in [-0.25, -0.2) is 0 Å². The van der Waals surface area contributed by atoms with Crippen molar-refractivity contribution >= 4 is 11.6 Å². The number of methoxy groups -OCH3 is 1. The summed E-state index contributed by atoms with van der Waals surface area (Å²) in [6.07, 6.45) is 2.97. The highest BCUT2D eigenvalue weighted by atomic mass is 35.5. The Morgan fingerprint density at radius 1 is 1.39 bits per heavy atom. The summed E-state index contributed by atoms with van der Waals surface area (Å²) in [5.41, 5.74) is 1.32. The van der Waals surface area contributed by atoms with Gasteiger partial charge >= 0.3 is 0 Å². The van der Waals surface area contributed by atoms with Crippen molar-refractivity contribution in [1.82, 2.24) is 5.32 Å². The zero-order chi connectivity index (χ0) is 13.4. The second kappa shape index (κ2) is 7.57. The van der Waals surface area contributed by atoms with Crippen LogP contribution >= 0.6 is 11.6 Å². The largest absolute Gasteiger partial charge is 0.383 e. The molecule has 0 heterocycles. The molecule has 100 valence electrons. The quantitative estimate of drug-likeness (QED) is 0.576. The number of nitrogens with one attached hydrogen (secondary N) is 1. The van der Waals surface area contributed by atoms with Crippen molar-refractivity contribution in [3.05, 3.63) is 47.5 Å². The van der Waals surface area contributed by atoms with Crippen LogP contribution in [0.3, 0.4) is 0 Å². The van der Waals surface area contributed by atoms with Crippen LogP contribution in [0.5, 0.6) is 0 Å². The molecule has 1 N–H and O–H groups in total. The summed E-state index contributed by atoms with van der Waals surface area (Å²) in [7, 11) is 1.71. The van der Waals surface area contributed by atoms with Gasteiger partial charge in [-0.3, -0.25) is 0 Å². The first-order chi connectivity index (χ1) is 8.59. The van der Waals surface area contributed by atoms with E-state index in [1.165, 1.54) is 5.56 Å². The predicted molar refractivity (Wildman–Crippen MR) is 78.2 cm³/mol. The zero-order valence-electron chi connectivity index (χ0n) is 11.2. The van der Waals surface area contributed by atoms with Crippen molar-refractivity contribution in [2.24, 2.45) is 5.41 Å². The maximum atomic E-state index is 5.89. The van der Waals surface area contributed by atoms with Crippen molar-refractivity contribution in [3.63, 3.8) is 0 Å². The van der Waals surface area contributed by atoms with Gasteiger partial charge in [-0.2, -0.15) is 0 Å². The molecule has 0 aliphatic heterocycles. The summed E-state index contributed by atoms with van der Waals surface area (Å²) in [6.45, 7) is 8.63. The van der Waals surface area contributed by atoms with Gasteiger partial charge < -0.3 is 10.1 Å². The summed E-state index contributed by atoms with van der Waals surface area (Å²) in [5, 5.41) is 4.16. The Balaban J connectivity index is 2.53. The second-order valence-electron chi connectivity index (χ2n) is 4.83. The molecule has 0 fully saturated rings. The molecule has 1 aromatic carbocycles. The average molecular weight is 268 g/mol. The molecule has 0 bridgehead atoms. The summed E-state index contributed by atoms with van der Waals surface area (Å²) >= 11 is 5.89. The molecule has 1 aromatic rings. The SMILES string of the molecule is C=CC(C)(CNCCOC)Cc1ccc(Cl)cc1. The summed E-state index contributed by atoms with van der Waals surface area (Å²) in [5.74, 6) is 0. The van der Waals surface area contributed by atoms with Crippen LogP contribution in [0.2, 0.25) is 5.02 Å². The monoisotopic (exact) mass is 267 g/mol. The van der Waals surface area contributed by atoms with Gasteiger partial charge in [0.25, 0.3) is 0 Å². The number of halogens is 1. The highest BCUT2D eigenvalue weighted by molar-refractivity contribution is 6.30. The van der Waals surface area contributed by atoms with Gasteiger partial charge in [0, 0.05) is 30.6 Å². The molecule has 18 heavy (non-hydrogen) atoms. The summed E-state index contributed by atoms with van der Waals surface area (Å²) in [4.78, 5) is 0. The molecular formula is C15H22ClNO. The van der Waals surface area contributed by atoms with E-state index in [2.05, 4.69) is 31.0 Å². The van der Waals surface area contributed by atoms with Crippen molar-refractivity contribution in [2.75, 3.05) is 26.8 Å². The Bertz CT molecular complexity index is 363. The first kappa shape index (κ1) is 15.2. The van der Waals surface area contributed by atoms with Gasteiger partial charge in [0.1, 0.15) is 0 Å². The smallest absolute Gasteiger partial charge is 0.0587 e. The van der Waals surface area contributed by atoms with E-state index >= 15 is 0 Å². The summed E-state index contributed by atoms with van der Waals surface area (Å²) in [6, 6.07) is 8.00. The molecule has 0 aliphatic rings. The van der Waals surface area contributed by atoms with E-state index in [0.717, 1.165) is 31.1 Å². The van der Waals surface area contributed by atoms with Crippen LogP contribution in [0.25, 0.3) is 0 Å². The minimum atomic E-state index is 0.0432. The molecule has 3 heteroatoms. The molecule has 0 aromatic heterocycles. The molecule has 0 spiro atoms. The zero-order valence-corrected chi connectivity index (χ0v) is 12.0. The number of hydrogen-bond acceptors (Lipinski definition) is 2. The van der Waals surface area contributed by atoms with E-state index in [4.69, 9.17) is 16.3 Å². The van der Waals surface area contributed by atoms with E-state index in [1.54, 1.807) is 7.11 Å². The van der Waals surface area contributed by atoms with Crippen molar-refractivity contribution in [3.8, 4) is 0 Å². The van der Waals surface area contributed by atoms with Gasteiger partial charge in [0.2, 0.25) is 0 Å². The lowest BCUT2D eigenvalue weighted by Crippen LogP contribution is -2.33. The van der Waals surface area contributed by atoms with E-state index < -0.39 is 0 Å². The minimum absolute atomic E-state index is 0.0432. The fourth-order valence-corrected chi connectivity index (χ4v) is 1.95. The van der Waals surface area contributed by atoms with E-state index in [0.29, 0.717) is 0 Å². The maximum absolute atomic E-state index is 5.89. The minimum Gasteiger partial charge on any atom is -0.383 e. The lowest BCUT2D eigenvalue weighted by atomic mass is 9.83. The Labute approximate surface area is 115 Å². The number of rotatable bonds is 8. The van der Waals surface area contributed by atoms with Gasteiger partial charge in [0.15, 0.2) is 0 Å². The van der Waals surface area contributed by atoms with E-state index in [1.807, 2.05) is 18.2 Å². The van der Waals surface area contributed by atoms with Crippen molar-refractivity contribution in [2.45, 2.75) is 13.3 Å². The third-order valence-electron chi connectivity index (χ3n) is 3.03. The average Bonchev–Trinajstić information content (AvgIpc) is 2.38. The Hall–Kier alpha value is -0.830. The Morgan fingerprint density at radius 2 is 2.06 bits per heavy atom. The van der Waals surface area contributed by atoms with Crippen LogP contribution < -0.4 is 5.32 Å². The van der Waals surface area contributed by atoms with Crippen LogP contribution in [0.15, 0.2) is 36.9 Å². The molecule has 1 rings (SSSR count). The van der Waals surface area contributed by atoms with Crippen molar-refractivity contribution in [1.29, 1.82) is 0 Å². The standard InChI is InChI=1S/C15H22ClNO/c1-4-15(2,12-17-9-10-18-3)11-13-5-7-14(16)8-6-13/h4-8,17H,1,9-12H2,2-3H3. The molecule has 0 aliphatic carbocycles. The number of ether oxygens (including phenoxy) is 1. The van der Waals surface area contributed by atoms with Gasteiger partial charge in [-0.15, -0.1) is 6.58 Å². The molecule has 1 unspecified atom stereocenters. The van der Waals surface area contributed by atoms with Gasteiger partial charge in [0.05, 0.1) is 6.61 Å². The van der Waals surface area contributed by atoms with Crippen LogP contribution in [-0.2, 0) is 11.2 Å². The van der Waals surface area contributed by atoms with E-state index in [9.17, 15) is 0 Å². The van der Waals surface area contributed by atoms with Crippen molar-refractivity contribution < 1.29 is 4.74 Å². The number of hydrogen-bond donors (Lipinski definition) is 1. The van der Waals surface area contributed by atoms with Crippen LogP contribution in [-0.4, -0.2) is 26.8 Å². The fraction of sp³-hybridized carbons (Fsp3) is 0.467. The van der Waals surface area contributed by atoms with Gasteiger partial charge in [-0.05, 0) is 24.1 Å². The normalized spacial score (nSPS) is 14.2. The lowest BCUT2D eigenvalue weighted by molar-refractivity contribution is 0.196. The maximum Gasteiger partial charge on any atom is 0.0587 e. The second-order valence-corrected chi connectivity index (χ2v) is 5.27. The third-order valence-corrected chi connectivity index (χ3v) is 3.28. The number of benzene rings is 1.